The number of aryl methyl sites for hydroxylation is 2. The van der Waals surface area contributed by atoms with E-state index in [1.165, 1.54) is 56.5 Å². The molecular weight excluding hydrogens is 214 g/mol. The van der Waals surface area contributed by atoms with Crippen molar-refractivity contribution < 1.29 is 0 Å². The monoisotopic (exact) mass is 239 g/mol. The highest BCUT2D eigenvalue weighted by atomic mass is 32.1. The molecule has 0 atom stereocenters. The summed E-state index contributed by atoms with van der Waals surface area (Å²) in [5.41, 5.74) is 0. The molecule has 2 heteroatoms. The quantitative estimate of drug-likeness (QED) is 0.642. The number of thiophene rings is 1. The minimum absolute atomic E-state index is 1.17. The zero-order valence-corrected chi connectivity index (χ0v) is 11.5. The number of unbranched alkanes of at least 4 members (excludes halogenated alkanes) is 2. The Morgan fingerprint density at radius 3 is 2.50 bits per heavy atom. The van der Waals surface area contributed by atoms with Gasteiger partial charge in [-0.3, -0.25) is 0 Å². The largest absolute Gasteiger partial charge is 0.317 e. The summed E-state index contributed by atoms with van der Waals surface area (Å²) < 4.78 is 0. The van der Waals surface area contributed by atoms with Gasteiger partial charge in [0, 0.05) is 9.75 Å². The molecule has 0 aliphatic carbocycles. The van der Waals surface area contributed by atoms with Gasteiger partial charge in [0.05, 0.1) is 0 Å². The first-order chi connectivity index (χ1) is 7.86. The second-order valence-electron chi connectivity index (χ2n) is 4.28. The summed E-state index contributed by atoms with van der Waals surface area (Å²) >= 11 is 1.99. The smallest absolute Gasteiger partial charge is 0.00481 e. The van der Waals surface area contributed by atoms with E-state index >= 15 is 0 Å². The Morgan fingerprint density at radius 2 is 1.81 bits per heavy atom. The molecule has 1 aromatic heterocycles. The first kappa shape index (κ1) is 13.7. The molecule has 0 amide bonds. The Labute approximate surface area is 104 Å². The van der Waals surface area contributed by atoms with Gasteiger partial charge in [-0.25, -0.2) is 0 Å². The highest BCUT2D eigenvalue weighted by Gasteiger charge is 1.98. The normalized spacial score (nSPS) is 10.9. The molecule has 0 aliphatic heterocycles. The number of hydrogen-bond acceptors (Lipinski definition) is 2. The van der Waals surface area contributed by atoms with Gasteiger partial charge in [0.2, 0.25) is 0 Å². The van der Waals surface area contributed by atoms with Crippen LogP contribution in [0.5, 0.6) is 0 Å². The van der Waals surface area contributed by atoms with E-state index in [1.807, 2.05) is 11.3 Å². The molecule has 92 valence electrons. The molecule has 0 spiro atoms. The highest BCUT2D eigenvalue weighted by molar-refractivity contribution is 7.11. The first-order valence-electron chi connectivity index (χ1n) is 6.65. The molecule has 1 nitrogen and oxygen atoms in total. The van der Waals surface area contributed by atoms with Crippen molar-refractivity contribution in [1.29, 1.82) is 0 Å². The summed E-state index contributed by atoms with van der Waals surface area (Å²) in [5.74, 6) is 0. The summed E-state index contributed by atoms with van der Waals surface area (Å²) in [4.78, 5) is 3.10. The maximum atomic E-state index is 3.45. The molecule has 0 unspecified atom stereocenters. The summed E-state index contributed by atoms with van der Waals surface area (Å²) in [5, 5.41) is 3.45. The van der Waals surface area contributed by atoms with Gasteiger partial charge in [0.15, 0.2) is 0 Å². The lowest BCUT2D eigenvalue weighted by atomic mass is 10.1. The van der Waals surface area contributed by atoms with Crippen molar-refractivity contribution in [3.63, 3.8) is 0 Å². The lowest BCUT2D eigenvalue weighted by Crippen LogP contribution is -2.15. The van der Waals surface area contributed by atoms with E-state index in [0.717, 1.165) is 0 Å². The van der Waals surface area contributed by atoms with Crippen LogP contribution in [0, 0.1) is 0 Å². The van der Waals surface area contributed by atoms with Gasteiger partial charge >= 0.3 is 0 Å². The Hall–Kier alpha value is -0.340. The molecule has 0 aromatic carbocycles. The van der Waals surface area contributed by atoms with E-state index in [-0.39, 0.29) is 0 Å². The molecule has 0 bridgehead atoms. The number of rotatable bonds is 9. The molecule has 1 heterocycles. The lowest BCUT2D eigenvalue weighted by molar-refractivity contribution is 0.600. The van der Waals surface area contributed by atoms with Crippen LogP contribution >= 0.6 is 11.3 Å². The number of hydrogen-bond donors (Lipinski definition) is 1. The van der Waals surface area contributed by atoms with Crippen LogP contribution in [-0.4, -0.2) is 13.1 Å². The molecule has 1 rings (SSSR count). The fraction of sp³-hybridized carbons (Fsp3) is 0.714. The third kappa shape index (κ3) is 5.66. The maximum Gasteiger partial charge on any atom is 0.00481 e. The molecule has 16 heavy (non-hydrogen) atoms. The van der Waals surface area contributed by atoms with Crippen molar-refractivity contribution in [2.45, 2.75) is 52.4 Å². The van der Waals surface area contributed by atoms with Gasteiger partial charge in [-0.1, -0.05) is 20.3 Å². The molecule has 1 N–H and O–H groups in total. The predicted octanol–water partition coefficient (Wildman–Crippen LogP) is 4.02. The van der Waals surface area contributed by atoms with Crippen molar-refractivity contribution in [3.05, 3.63) is 21.9 Å². The van der Waals surface area contributed by atoms with Crippen molar-refractivity contribution in [2.75, 3.05) is 13.1 Å². The van der Waals surface area contributed by atoms with Crippen LogP contribution in [0.25, 0.3) is 0 Å². The Balaban J connectivity index is 1.98. The molecular formula is C14H25NS. The van der Waals surface area contributed by atoms with Gasteiger partial charge < -0.3 is 5.32 Å². The minimum Gasteiger partial charge on any atom is -0.317 e. The van der Waals surface area contributed by atoms with E-state index < -0.39 is 0 Å². The van der Waals surface area contributed by atoms with E-state index in [1.54, 1.807) is 4.88 Å². The molecule has 0 fully saturated rings. The first-order valence-corrected chi connectivity index (χ1v) is 7.46. The van der Waals surface area contributed by atoms with E-state index in [0.29, 0.717) is 0 Å². The van der Waals surface area contributed by atoms with Crippen molar-refractivity contribution in [1.82, 2.24) is 5.32 Å². The van der Waals surface area contributed by atoms with Crippen molar-refractivity contribution in [2.24, 2.45) is 0 Å². The molecule has 1 aromatic rings. The average molecular weight is 239 g/mol. The summed E-state index contributed by atoms with van der Waals surface area (Å²) in [7, 11) is 0. The minimum atomic E-state index is 1.17. The fourth-order valence-electron chi connectivity index (χ4n) is 1.77. The third-order valence-corrected chi connectivity index (χ3v) is 4.06. The second kappa shape index (κ2) is 8.77. The van der Waals surface area contributed by atoms with Gasteiger partial charge in [-0.2, -0.15) is 0 Å². The van der Waals surface area contributed by atoms with Crippen LogP contribution in [-0.2, 0) is 12.8 Å². The maximum absolute atomic E-state index is 3.45. The zero-order valence-electron chi connectivity index (χ0n) is 10.7. The van der Waals surface area contributed by atoms with Crippen LogP contribution in [0.2, 0.25) is 0 Å². The molecule has 0 saturated carbocycles. The predicted molar refractivity (Wildman–Crippen MR) is 74.4 cm³/mol. The van der Waals surface area contributed by atoms with Crippen LogP contribution in [0.4, 0.5) is 0 Å². The Morgan fingerprint density at radius 1 is 1.00 bits per heavy atom. The third-order valence-electron chi connectivity index (χ3n) is 2.77. The molecule has 0 aliphatic rings. The van der Waals surface area contributed by atoms with Gasteiger partial charge in [-0.05, 0) is 57.3 Å². The van der Waals surface area contributed by atoms with Crippen molar-refractivity contribution >= 4 is 11.3 Å². The van der Waals surface area contributed by atoms with Crippen LogP contribution in [0.15, 0.2) is 12.1 Å². The van der Waals surface area contributed by atoms with Gasteiger partial charge in [-0.15, -0.1) is 11.3 Å². The van der Waals surface area contributed by atoms with E-state index in [9.17, 15) is 0 Å². The van der Waals surface area contributed by atoms with E-state index in [4.69, 9.17) is 0 Å². The number of nitrogens with one attached hydrogen (secondary N) is 1. The average Bonchev–Trinajstić information content (AvgIpc) is 2.76. The summed E-state index contributed by atoms with van der Waals surface area (Å²) in [6, 6.07) is 4.58. The fourth-order valence-corrected chi connectivity index (χ4v) is 2.77. The Bertz CT molecular complexity index is 267. The Kier molecular flexibility index (Phi) is 7.52. The molecule has 0 radical (unpaired) electrons. The van der Waals surface area contributed by atoms with Crippen LogP contribution in [0.1, 0.15) is 49.3 Å². The SMILES string of the molecule is CCCNCCCCCc1ccc(CC)s1. The van der Waals surface area contributed by atoms with E-state index in [2.05, 4.69) is 31.3 Å². The lowest BCUT2D eigenvalue weighted by Gasteiger charge is -2.02. The van der Waals surface area contributed by atoms with Crippen LogP contribution in [0.3, 0.4) is 0 Å². The zero-order chi connectivity index (χ0) is 11.6. The molecule has 0 saturated heterocycles. The van der Waals surface area contributed by atoms with Crippen molar-refractivity contribution in [3.8, 4) is 0 Å². The summed E-state index contributed by atoms with van der Waals surface area (Å²) in [6.07, 6.45) is 7.73. The van der Waals surface area contributed by atoms with Gasteiger partial charge in [0.1, 0.15) is 0 Å². The highest BCUT2D eigenvalue weighted by Crippen LogP contribution is 2.19. The van der Waals surface area contributed by atoms with Crippen LogP contribution < -0.4 is 5.32 Å². The standard InChI is InChI=1S/C14H25NS/c1-3-11-15-12-7-5-6-8-14-10-9-13(4-2)16-14/h9-10,15H,3-8,11-12H2,1-2H3. The topological polar surface area (TPSA) is 12.0 Å². The van der Waals surface area contributed by atoms with Gasteiger partial charge in [0.25, 0.3) is 0 Å². The summed E-state index contributed by atoms with van der Waals surface area (Å²) in [6.45, 7) is 6.81. The second-order valence-corrected chi connectivity index (χ2v) is 5.54.